The maximum atomic E-state index is 13.3. The lowest BCUT2D eigenvalue weighted by Crippen LogP contribution is -2.21. The number of hydrogen-bond donors (Lipinski definition) is 0. The van der Waals surface area contributed by atoms with Crippen LogP contribution in [0.2, 0.25) is 0 Å². The van der Waals surface area contributed by atoms with E-state index in [9.17, 15) is 22.0 Å². The van der Waals surface area contributed by atoms with Gasteiger partial charge in [-0.3, -0.25) is 0 Å². The Kier molecular flexibility index (Phi) is 3.08. The SMILES string of the molecule is C=CC(C)(C)c1c(F)c(F)c(F)c(F)c1F. The molecular weight excluding hydrogens is 227 g/mol. The standard InChI is InChI=1S/C11H9F5/c1-4-11(2,3)5-6(12)8(14)10(16)9(15)7(5)13/h4H,1H2,2-3H3. The Balaban J connectivity index is 3.71. The quantitative estimate of drug-likeness (QED) is 0.316. The van der Waals surface area contributed by atoms with Gasteiger partial charge < -0.3 is 0 Å². The van der Waals surface area contributed by atoms with E-state index in [1.54, 1.807) is 0 Å². The average molecular weight is 236 g/mol. The molecule has 1 aromatic rings. The molecule has 0 bridgehead atoms. The topological polar surface area (TPSA) is 0 Å². The zero-order valence-corrected chi connectivity index (χ0v) is 8.67. The van der Waals surface area contributed by atoms with Gasteiger partial charge in [-0.1, -0.05) is 19.9 Å². The summed E-state index contributed by atoms with van der Waals surface area (Å²) in [5, 5.41) is 0. The largest absolute Gasteiger partial charge is 0.203 e. The van der Waals surface area contributed by atoms with Gasteiger partial charge in [0.2, 0.25) is 5.82 Å². The van der Waals surface area contributed by atoms with E-state index in [-0.39, 0.29) is 0 Å². The molecule has 0 unspecified atom stereocenters. The molecule has 0 spiro atoms. The summed E-state index contributed by atoms with van der Waals surface area (Å²) in [6.45, 7) is 5.91. The van der Waals surface area contributed by atoms with Crippen LogP contribution >= 0.6 is 0 Å². The fourth-order valence-electron chi connectivity index (χ4n) is 1.27. The molecule has 0 N–H and O–H groups in total. The highest BCUT2D eigenvalue weighted by Crippen LogP contribution is 2.33. The van der Waals surface area contributed by atoms with Crippen LogP contribution in [-0.4, -0.2) is 0 Å². The summed E-state index contributed by atoms with van der Waals surface area (Å²) in [5.74, 6) is -9.67. The van der Waals surface area contributed by atoms with E-state index in [0.29, 0.717) is 0 Å². The third-order valence-corrected chi connectivity index (χ3v) is 2.36. The van der Waals surface area contributed by atoms with Gasteiger partial charge in [-0.25, -0.2) is 22.0 Å². The zero-order chi connectivity index (χ0) is 12.7. The van der Waals surface area contributed by atoms with Gasteiger partial charge in [-0.05, 0) is 0 Å². The molecule has 0 atom stereocenters. The second-order valence-electron chi connectivity index (χ2n) is 3.87. The molecule has 0 aromatic heterocycles. The zero-order valence-electron chi connectivity index (χ0n) is 8.67. The highest BCUT2D eigenvalue weighted by molar-refractivity contribution is 5.33. The second-order valence-corrected chi connectivity index (χ2v) is 3.87. The van der Waals surface area contributed by atoms with Crippen molar-refractivity contribution in [3.63, 3.8) is 0 Å². The molecule has 0 amide bonds. The number of rotatable bonds is 2. The van der Waals surface area contributed by atoms with Crippen LogP contribution in [0.4, 0.5) is 22.0 Å². The van der Waals surface area contributed by atoms with Crippen LogP contribution in [0.1, 0.15) is 19.4 Å². The van der Waals surface area contributed by atoms with Gasteiger partial charge in [0.25, 0.3) is 0 Å². The summed E-state index contributed by atoms with van der Waals surface area (Å²) in [6.07, 6.45) is 1.12. The van der Waals surface area contributed by atoms with E-state index in [1.165, 1.54) is 13.8 Å². The Morgan fingerprint density at radius 2 is 1.12 bits per heavy atom. The van der Waals surface area contributed by atoms with E-state index in [4.69, 9.17) is 0 Å². The third-order valence-electron chi connectivity index (χ3n) is 2.36. The number of halogens is 5. The normalized spacial score (nSPS) is 11.7. The van der Waals surface area contributed by atoms with Crippen LogP contribution in [-0.2, 0) is 5.41 Å². The van der Waals surface area contributed by atoms with Crippen molar-refractivity contribution in [2.24, 2.45) is 0 Å². The molecule has 0 aliphatic carbocycles. The van der Waals surface area contributed by atoms with Gasteiger partial charge in [0, 0.05) is 11.0 Å². The number of benzene rings is 1. The van der Waals surface area contributed by atoms with E-state index in [0.717, 1.165) is 6.08 Å². The first kappa shape index (κ1) is 12.7. The summed E-state index contributed by atoms with van der Waals surface area (Å²) in [6, 6.07) is 0. The molecule has 0 saturated heterocycles. The number of allylic oxidation sites excluding steroid dienone is 1. The van der Waals surface area contributed by atoms with Gasteiger partial charge in [0.1, 0.15) is 0 Å². The van der Waals surface area contributed by atoms with E-state index < -0.39 is 40.1 Å². The predicted molar refractivity (Wildman–Crippen MR) is 49.5 cm³/mol. The Hall–Kier alpha value is -1.39. The van der Waals surface area contributed by atoms with Crippen molar-refractivity contribution in [3.05, 3.63) is 47.3 Å². The van der Waals surface area contributed by atoms with Gasteiger partial charge in [0.05, 0.1) is 0 Å². The molecule has 88 valence electrons. The molecule has 0 heterocycles. The van der Waals surface area contributed by atoms with Crippen LogP contribution < -0.4 is 0 Å². The summed E-state index contributed by atoms with van der Waals surface area (Å²) in [4.78, 5) is 0. The van der Waals surface area contributed by atoms with Gasteiger partial charge >= 0.3 is 0 Å². The van der Waals surface area contributed by atoms with Gasteiger partial charge in [0.15, 0.2) is 23.3 Å². The van der Waals surface area contributed by atoms with Gasteiger partial charge in [-0.15, -0.1) is 6.58 Å². The lowest BCUT2D eigenvalue weighted by molar-refractivity contribution is 0.359. The fourth-order valence-corrected chi connectivity index (χ4v) is 1.27. The maximum absolute atomic E-state index is 13.3. The maximum Gasteiger partial charge on any atom is 0.200 e. The molecule has 0 aliphatic rings. The molecule has 5 heteroatoms. The van der Waals surface area contributed by atoms with Crippen molar-refractivity contribution in [2.75, 3.05) is 0 Å². The summed E-state index contributed by atoms with van der Waals surface area (Å²) in [5.41, 5.74) is -2.22. The summed E-state index contributed by atoms with van der Waals surface area (Å²) in [7, 11) is 0. The van der Waals surface area contributed by atoms with Gasteiger partial charge in [-0.2, -0.15) is 0 Å². The Morgan fingerprint density at radius 1 is 0.812 bits per heavy atom. The molecule has 0 fully saturated rings. The smallest absolute Gasteiger partial charge is 0.200 e. The van der Waals surface area contributed by atoms with Crippen molar-refractivity contribution in [1.82, 2.24) is 0 Å². The molecule has 0 aliphatic heterocycles. The Labute approximate surface area is 89.4 Å². The minimum Gasteiger partial charge on any atom is -0.203 e. The average Bonchev–Trinajstić information content (AvgIpc) is 2.23. The second kappa shape index (κ2) is 3.88. The van der Waals surface area contributed by atoms with Crippen LogP contribution in [0.15, 0.2) is 12.7 Å². The van der Waals surface area contributed by atoms with Crippen molar-refractivity contribution in [1.29, 1.82) is 0 Å². The van der Waals surface area contributed by atoms with Crippen molar-refractivity contribution < 1.29 is 22.0 Å². The van der Waals surface area contributed by atoms with Crippen molar-refractivity contribution >= 4 is 0 Å². The first-order valence-electron chi connectivity index (χ1n) is 4.39. The lowest BCUT2D eigenvalue weighted by Gasteiger charge is -2.22. The van der Waals surface area contributed by atoms with E-state index in [1.807, 2.05) is 0 Å². The molecule has 0 nitrogen and oxygen atoms in total. The van der Waals surface area contributed by atoms with Crippen LogP contribution in [0.25, 0.3) is 0 Å². The molecule has 1 aromatic carbocycles. The van der Waals surface area contributed by atoms with Crippen LogP contribution in [0, 0.1) is 29.1 Å². The third kappa shape index (κ3) is 1.70. The van der Waals surface area contributed by atoms with E-state index in [2.05, 4.69) is 6.58 Å². The highest BCUT2D eigenvalue weighted by atomic mass is 19.2. The minimum absolute atomic E-state index is 0.876. The van der Waals surface area contributed by atoms with Crippen LogP contribution in [0.3, 0.4) is 0 Å². The lowest BCUT2D eigenvalue weighted by atomic mass is 9.84. The molecule has 0 saturated carbocycles. The highest BCUT2D eigenvalue weighted by Gasteiger charge is 2.32. The summed E-state index contributed by atoms with van der Waals surface area (Å²) >= 11 is 0. The van der Waals surface area contributed by atoms with E-state index >= 15 is 0 Å². The molecule has 1 rings (SSSR count). The molecule has 16 heavy (non-hydrogen) atoms. The summed E-state index contributed by atoms with van der Waals surface area (Å²) < 4.78 is 65.1. The first-order chi connectivity index (χ1) is 7.24. The Bertz CT molecular complexity index is 419. The van der Waals surface area contributed by atoms with Crippen molar-refractivity contribution in [2.45, 2.75) is 19.3 Å². The molecular formula is C11H9F5. The predicted octanol–water partition coefficient (Wildman–Crippen LogP) is 3.85. The molecule has 0 radical (unpaired) electrons. The fraction of sp³-hybridized carbons (Fsp3) is 0.273. The van der Waals surface area contributed by atoms with Crippen LogP contribution in [0.5, 0.6) is 0 Å². The Morgan fingerprint density at radius 3 is 1.44 bits per heavy atom. The van der Waals surface area contributed by atoms with Crippen molar-refractivity contribution in [3.8, 4) is 0 Å². The first-order valence-corrected chi connectivity index (χ1v) is 4.39. The minimum atomic E-state index is -2.15. The monoisotopic (exact) mass is 236 g/mol. The number of hydrogen-bond acceptors (Lipinski definition) is 0.